The highest BCUT2D eigenvalue weighted by molar-refractivity contribution is 8.13. The van der Waals surface area contributed by atoms with E-state index in [-0.39, 0.29) is 23.6 Å². The Morgan fingerprint density at radius 1 is 1.07 bits per heavy atom. The third kappa shape index (κ3) is 3.78. The van der Waals surface area contributed by atoms with Gasteiger partial charge in [0.1, 0.15) is 0 Å². The first-order chi connectivity index (χ1) is 12.8. The van der Waals surface area contributed by atoms with E-state index in [1.54, 1.807) is 11.8 Å². The van der Waals surface area contributed by atoms with Crippen molar-refractivity contribution in [3.63, 3.8) is 0 Å². The Bertz CT molecular complexity index is 1010. The van der Waals surface area contributed by atoms with Crippen LogP contribution in [0.2, 0.25) is 0 Å². The predicted octanol–water partition coefficient (Wildman–Crippen LogP) is 3.89. The normalized spacial score (nSPS) is 23.4. The second-order valence-corrected chi connectivity index (χ2v) is 10.6. The van der Waals surface area contributed by atoms with Crippen LogP contribution in [-0.4, -0.2) is 37.2 Å². The van der Waals surface area contributed by atoms with Gasteiger partial charge in [-0.1, -0.05) is 47.7 Å². The number of fused-ring (bicyclic) bond motifs is 1. The van der Waals surface area contributed by atoms with E-state index in [1.807, 2.05) is 0 Å². The topological polar surface area (TPSA) is 49.7 Å². The van der Waals surface area contributed by atoms with Crippen molar-refractivity contribution < 1.29 is 8.42 Å². The second-order valence-electron chi connectivity index (χ2n) is 7.54. The number of hydrogen-bond donors (Lipinski definition) is 0. The van der Waals surface area contributed by atoms with E-state index in [1.165, 1.54) is 22.3 Å². The maximum atomic E-state index is 12.2. The van der Waals surface area contributed by atoms with E-state index in [0.717, 1.165) is 16.6 Å². The van der Waals surface area contributed by atoms with Crippen LogP contribution in [0.25, 0.3) is 0 Å². The number of sulfone groups is 1. The zero-order valence-electron chi connectivity index (χ0n) is 15.8. The first-order valence-corrected chi connectivity index (χ1v) is 12.0. The van der Waals surface area contributed by atoms with Crippen LogP contribution in [0.1, 0.15) is 22.3 Å². The maximum absolute atomic E-state index is 12.2. The molecule has 4 rings (SSSR count). The molecule has 0 amide bonds. The van der Waals surface area contributed by atoms with Crippen LogP contribution in [0.5, 0.6) is 0 Å². The second kappa shape index (κ2) is 6.99. The van der Waals surface area contributed by atoms with E-state index in [9.17, 15) is 8.42 Å². The zero-order chi connectivity index (χ0) is 19.2. The molecule has 0 spiro atoms. The van der Waals surface area contributed by atoms with Crippen molar-refractivity contribution in [3.05, 3.63) is 64.7 Å². The van der Waals surface area contributed by atoms with Gasteiger partial charge in [0.05, 0.1) is 23.6 Å². The fourth-order valence-corrected chi connectivity index (χ4v) is 6.67. The van der Waals surface area contributed by atoms with Crippen LogP contribution >= 0.6 is 11.8 Å². The third-order valence-corrected chi connectivity index (χ3v) is 8.06. The molecule has 1 saturated heterocycles. The summed E-state index contributed by atoms with van der Waals surface area (Å²) in [5.74, 6) is 1.17. The van der Waals surface area contributed by atoms with Gasteiger partial charge in [0.15, 0.2) is 15.0 Å². The summed E-state index contributed by atoms with van der Waals surface area (Å²) < 4.78 is 24.3. The molecule has 27 heavy (non-hydrogen) atoms. The van der Waals surface area contributed by atoms with Gasteiger partial charge in [-0.05, 0) is 49.6 Å². The van der Waals surface area contributed by atoms with Gasteiger partial charge >= 0.3 is 0 Å². The van der Waals surface area contributed by atoms with Crippen molar-refractivity contribution in [1.29, 1.82) is 0 Å². The Labute approximate surface area is 165 Å². The number of thioether (sulfide) groups is 1. The number of amidine groups is 1. The Morgan fingerprint density at radius 2 is 1.89 bits per heavy atom. The number of aliphatic imine (C=N–C) groups is 1. The van der Waals surface area contributed by atoms with Crippen LogP contribution in [0.15, 0.2) is 47.5 Å². The SMILES string of the molecule is Cc1cccc(CSC2=N[C@@H]3CS(=O)(=O)C[C@@H]3N2c2ccc(C)c(C)c2)c1. The monoisotopic (exact) mass is 400 g/mol. The summed E-state index contributed by atoms with van der Waals surface area (Å²) in [6.45, 7) is 6.28. The van der Waals surface area contributed by atoms with Crippen LogP contribution in [0.3, 0.4) is 0 Å². The number of hydrogen-bond acceptors (Lipinski definition) is 5. The van der Waals surface area contributed by atoms with Crippen LogP contribution in [-0.2, 0) is 15.6 Å². The smallest absolute Gasteiger partial charge is 0.164 e. The molecular weight excluding hydrogens is 376 g/mol. The summed E-state index contributed by atoms with van der Waals surface area (Å²) in [5.41, 5.74) is 5.99. The highest BCUT2D eigenvalue weighted by Gasteiger charge is 2.47. The molecule has 2 atom stereocenters. The van der Waals surface area contributed by atoms with E-state index in [2.05, 4.69) is 68.1 Å². The van der Waals surface area contributed by atoms with Gasteiger partial charge in [-0.25, -0.2) is 8.42 Å². The molecule has 0 N–H and O–H groups in total. The van der Waals surface area contributed by atoms with E-state index >= 15 is 0 Å². The molecule has 0 aliphatic carbocycles. The van der Waals surface area contributed by atoms with E-state index in [4.69, 9.17) is 4.99 Å². The summed E-state index contributed by atoms with van der Waals surface area (Å²) in [6.07, 6.45) is 0. The summed E-state index contributed by atoms with van der Waals surface area (Å²) in [4.78, 5) is 6.97. The van der Waals surface area contributed by atoms with Crippen molar-refractivity contribution in [2.24, 2.45) is 4.99 Å². The van der Waals surface area contributed by atoms with Crippen molar-refractivity contribution >= 4 is 32.5 Å². The Balaban J connectivity index is 1.64. The maximum Gasteiger partial charge on any atom is 0.164 e. The zero-order valence-corrected chi connectivity index (χ0v) is 17.5. The molecule has 0 unspecified atom stereocenters. The number of aryl methyl sites for hydroxylation is 3. The van der Waals surface area contributed by atoms with Crippen LogP contribution in [0.4, 0.5) is 5.69 Å². The quantitative estimate of drug-likeness (QED) is 0.784. The third-order valence-electron chi connectivity index (χ3n) is 5.33. The summed E-state index contributed by atoms with van der Waals surface area (Å²) in [5, 5.41) is 0.935. The molecule has 0 bridgehead atoms. The lowest BCUT2D eigenvalue weighted by Crippen LogP contribution is -2.39. The molecule has 2 aromatic rings. The van der Waals surface area contributed by atoms with Crippen LogP contribution < -0.4 is 4.90 Å². The first kappa shape index (κ1) is 18.6. The molecular formula is C21H24N2O2S2. The van der Waals surface area contributed by atoms with Crippen molar-refractivity contribution in [1.82, 2.24) is 0 Å². The standard InChI is InChI=1S/C21H24N2O2S2/c1-14-5-4-6-17(9-14)11-26-21-22-19-12-27(24,25)13-20(19)23(21)18-8-7-15(2)16(3)10-18/h4-10,19-20H,11-13H2,1-3H3/t19-,20+/m1/s1. The number of anilines is 1. The average Bonchev–Trinajstić information content (AvgIpc) is 3.07. The molecule has 1 fully saturated rings. The predicted molar refractivity (Wildman–Crippen MR) is 115 cm³/mol. The summed E-state index contributed by atoms with van der Waals surface area (Å²) in [7, 11) is -3.02. The van der Waals surface area contributed by atoms with Gasteiger partial charge in [-0.15, -0.1) is 0 Å². The minimum atomic E-state index is -3.02. The molecule has 0 radical (unpaired) electrons. The van der Waals surface area contributed by atoms with Gasteiger partial charge in [-0.3, -0.25) is 4.99 Å². The minimum absolute atomic E-state index is 0.0860. The largest absolute Gasteiger partial charge is 0.315 e. The van der Waals surface area contributed by atoms with E-state index in [0.29, 0.717) is 0 Å². The van der Waals surface area contributed by atoms with E-state index < -0.39 is 9.84 Å². The Kier molecular flexibility index (Phi) is 4.80. The molecule has 142 valence electrons. The molecule has 2 heterocycles. The van der Waals surface area contributed by atoms with Crippen LogP contribution in [0, 0.1) is 20.8 Å². The average molecular weight is 401 g/mol. The minimum Gasteiger partial charge on any atom is -0.315 e. The Hall–Kier alpha value is -1.79. The number of nitrogens with zero attached hydrogens (tertiary/aromatic N) is 2. The van der Waals surface area contributed by atoms with Crippen molar-refractivity contribution in [3.8, 4) is 0 Å². The molecule has 4 nitrogen and oxygen atoms in total. The van der Waals surface area contributed by atoms with Gasteiger partial charge < -0.3 is 4.90 Å². The lowest BCUT2D eigenvalue weighted by Gasteiger charge is -2.27. The molecule has 2 aliphatic heterocycles. The number of benzene rings is 2. The molecule has 0 aromatic heterocycles. The molecule has 2 aliphatic rings. The highest BCUT2D eigenvalue weighted by Crippen LogP contribution is 2.36. The van der Waals surface area contributed by atoms with Gasteiger partial charge in [0.25, 0.3) is 0 Å². The van der Waals surface area contributed by atoms with Gasteiger partial charge in [-0.2, -0.15) is 0 Å². The fraction of sp³-hybridized carbons (Fsp3) is 0.381. The molecule has 6 heteroatoms. The van der Waals surface area contributed by atoms with Gasteiger partial charge in [0, 0.05) is 11.4 Å². The number of rotatable bonds is 3. The first-order valence-electron chi connectivity index (χ1n) is 9.15. The van der Waals surface area contributed by atoms with Crippen molar-refractivity contribution in [2.45, 2.75) is 38.6 Å². The van der Waals surface area contributed by atoms with Gasteiger partial charge in [0.2, 0.25) is 0 Å². The van der Waals surface area contributed by atoms with Crippen molar-refractivity contribution in [2.75, 3.05) is 16.4 Å². The molecule has 0 saturated carbocycles. The summed E-state index contributed by atoms with van der Waals surface area (Å²) in [6, 6.07) is 14.6. The lowest BCUT2D eigenvalue weighted by molar-refractivity contribution is 0.601. The Morgan fingerprint density at radius 3 is 2.63 bits per heavy atom. The highest BCUT2D eigenvalue weighted by atomic mass is 32.2. The lowest BCUT2D eigenvalue weighted by atomic mass is 10.1. The fourth-order valence-electron chi connectivity index (χ4n) is 3.76. The molecule has 2 aromatic carbocycles. The summed E-state index contributed by atoms with van der Waals surface area (Å²) >= 11 is 1.70.